The molecule has 1 atom stereocenters. The minimum atomic E-state index is -0.613. The van der Waals surface area contributed by atoms with Gasteiger partial charge >= 0.3 is 6.03 Å². The molecule has 24 heavy (non-hydrogen) atoms. The molecule has 0 spiro atoms. The summed E-state index contributed by atoms with van der Waals surface area (Å²) in [6.45, 7) is 1.17. The Morgan fingerprint density at radius 3 is 2.96 bits per heavy atom. The molecular formula is C16H17ClFN5O. The number of aromatic nitrogens is 3. The van der Waals surface area contributed by atoms with Gasteiger partial charge in [0.25, 0.3) is 0 Å². The fourth-order valence-electron chi connectivity index (χ4n) is 3.11. The van der Waals surface area contributed by atoms with Crippen molar-refractivity contribution in [1.82, 2.24) is 19.7 Å². The molecule has 2 amide bonds. The van der Waals surface area contributed by atoms with Crippen LogP contribution in [0.4, 0.5) is 14.9 Å². The van der Waals surface area contributed by atoms with Gasteiger partial charge in [0.15, 0.2) is 5.82 Å². The van der Waals surface area contributed by atoms with E-state index in [4.69, 9.17) is 11.6 Å². The molecule has 2 heterocycles. The molecule has 2 fully saturated rings. The molecule has 1 N–H and O–H groups in total. The normalized spacial score (nSPS) is 20.4. The lowest BCUT2D eigenvalue weighted by Crippen LogP contribution is -2.33. The van der Waals surface area contributed by atoms with Gasteiger partial charge in [0.2, 0.25) is 0 Å². The van der Waals surface area contributed by atoms with Crippen LogP contribution in [0, 0.1) is 5.82 Å². The fourth-order valence-corrected chi connectivity index (χ4v) is 3.29. The molecule has 1 saturated heterocycles. The van der Waals surface area contributed by atoms with Crippen LogP contribution < -0.4 is 5.32 Å². The zero-order valence-electron chi connectivity index (χ0n) is 13.0. The molecule has 1 aromatic heterocycles. The molecule has 4 rings (SSSR count). The molecular weight excluding hydrogens is 333 g/mol. The quantitative estimate of drug-likeness (QED) is 0.923. The first-order valence-corrected chi connectivity index (χ1v) is 8.40. The number of halogens is 2. The zero-order valence-corrected chi connectivity index (χ0v) is 13.7. The van der Waals surface area contributed by atoms with Crippen LogP contribution in [0.3, 0.4) is 0 Å². The molecule has 8 heteroatoms. The van der Waals surface area contributed by atoms with Crippen LogP contribution in [0.2, 0.25) is 5.02 Å². The van der Waals surface area contributed by atoms with Gasteiger partial charge in [-0.1, -0.05) is 17.7 Å². The van der Waals surface area contributed by atoms with Crippen molar-refractivity contribution in [2.24, 2.45) is 0 Å². The van der Waals surface area contributed by atoms with E-state index in [0.29, 0.717) is 19.0 Å². The first kappa shape index (κ1) is 15.4. The molecule has 126 valence electrons. The number of rotatable bonds is 3. The maximum atomic E-state index is 13.9. The molecule has 0 bridgehead atoms. The Hall–Kier alpha value is -2.15. The summed E-state index contributed by atoms with van der Waals surface area (Å²) in [5, 5.41) is 10.8. The Kier molecular flexibility index (Phi) is 3.88. The smallest absolute Gasteiger partial charge is 0.321 e. The van der Waals surface area contributed by atoms with Crippen molar-refractivity contribution in [2.75, 3.05) is 18.4 Å². The Bertz CT molecular complexity index is 776. The number of hydrogen-bond acceptors (Lipinski definition) is 3. The topological polar surface area (TPSA) is 63.1 Å². The highest BCUT2D eigenvalue weighted by atomic mass is 35.5. The first-order valence-electron chi connectivity index (χ1n) is 8.03. The molecule has 0 radical (unpaired) electrons. The SMILES string of the molecule is O=C(Nc1cccc(Cl)c1F)N1CCC(n2cnnc2C2CC2)C1. The minimum absolute atomic E-state index is 0.00864. The van der Waals surface area contributed by atoms with Gasteiger partial charge in [-0.05, 0) is 31.4 Å². The number of amides is 2. The predicted molar refractivity (Wildman–Crippen MR) is 87.7 cm³/mol. The van der Waals surface area contributed by atoms with Gasteiger partial charge in [0.1, 0.15) is 12.2 Å². The Balaban J connectivity index is 1.43. The lowest BCUT2D eigenvalue weighted by atomic mass is 10.2. The summed E-state index contributed by atoms with van der Waals surface area (Å²) in [5.41, 5.74) is 0.0962. The third-order valence-corrected chi connectivity index (χ3v) is 4.87. The number of nitrogens with zero attached hydrogens (tertiary/aromatic N) is 4. The van der Waals surface area contributed by atoms with E-state index in [9.17, 15) is 9.18 Å². The number of anilines is 1. The van der Waals surface area contributed by atoms with Gasteiger partial charge in [-0.15, -0.1) is 10.2 Å². The maximum absolute atomic E-state index is 13.9. The third-order valence-electron chi connectivity index (χ3n) is 4.58. The van der Waals surface area contributed by atoms with Crippen LogP contribution in [0.1, 0.15) is 37.0 Å². The molecule has 1 aliphatic carbocycles. The number of likely N-dealkylation sites (tertiary alicyclic amines) is 1. The van der Waals surface area contributed by atoms with E-state index in [1.807, 2.05) is 0 Å². The lowest BCUT2D eigenvalue weighted by Gasteiger charge is -2.18. The van der Waals surface area contributed by atoms with Crippen molar-refractivity contribution in [2.45, 2.75) is 31.2 Å². The first-order chi connectivity index (χ1) is 11.6. The van der Waals surface area contributed by atoms with Gasteiger partial charge in [0.05, 0.1) is 16.8 Å². The molecule has 2 aromatic rings. The number of hydrogen-bond donors (Lipinski definition) is 1. The fraction of sp³-hybridized carbons (Fsp3) is 0.438. The third kappa shape index (κ3) is 2.84. The van der Waals surface area contributed by atoms with Crippen LogP contribution >= 0.6 is 11.6 Å². The number of nitrogens with one attached hydrogen (secondary N) is 1. The summed E-state index contributed by atoms with van der Waals surface area (Å²) in [5.74, 6) is 0.914. The van der Waals surface area contributed by atoms with Crippen molar-refractivity contribution < 1.29 is 9.18 Å². The Labute approximate surface area is 143 Å². The summed E-state index contributed by atoms with van der Waals surface area (Å²) in [6.07, 6.45) is 4.90. The highest BCUT2D eigenvalue weighted by molar-refractivity contribution is 6.31. The van der Waals surface area contributed by atoms with E-state index in [-0.39, 0.29) is 22.8 Å². The van der Waals surface area contributed by atoms with E-state index in [1.54, 1.807) is 17.3 Å². The summed E-state index contributed by atoms with van der Waals surface area (Å²) in [7, 11) is 0. The van der Waals surface area contributed by atoms with Crippen LogP contribution in [0.15, 0.2) is 24.5 Å². The Morgan fingerprint density at radius 1 is 1.33 bits per heavy atom. The van der Waals surface area contributed by atoms with Gasteiger partial charge < -0.3 is 14.8 Å². The minimum Gasteiger partial charge on any atom is -0.322 e. The summed E-state index contributed by atoms with van der Waals surface area (Å²) in [4.78, 5) is 14.1. The second-order valence-corrected chi connectivity index (χ2v) is 6.70. The van der Waals surface area contributed by atoms with Gasteiger partial charge in [-0.25, -0.2) is 9.18 Å². The van der Waals surface area contributed by atoms with E-state index in [0.717, 1.165) is 25.1 Å². The number of carbonyl (C=O) groups excluding carboxylic acids is 1. The van der Waals surface area contributed by atoms with E-state index >= 15 is 0 Å². The molecule has 6 nitrogen and oxygen atoms in total. The largest absolute Gasteiger partial charge is 0.322 e. The average Bonchev–Trinajstić information content (AvgIpc) is 3.11. The van der Waals surface area contributed by atoms with Crippen LogP contribution in [0.5, 0.6) is 0 Å². The van der Waals surface area contributed by atoms with Crippen LogP contribution in [0.25, 0.3) is 0 Å². The standard InChI is InChI=1S/C16H17ClFN5O/c17-12-2-1-3-13(14(12)18)20-16(24)22-7-6-11(8-22)23-9-19-21-15(23)10-4-5-10/h1-3,9-11H,4-8H2,(H,20,24). The molecule has 1 saturated carbocycles. The second kappa shape index (κ2) is 6.05. The molecule has 1 aliphatic heterocycles. The maximum Gasteiger partial charge on any atom is 0.321 e. The Morgan fingerprint density at radius 2 is 2.17 bits per heavy atom. The highest BCUT2D eigenvalue weighted by Crippen LogP contribution is 2.40. The van der Waals surface area contributed by atoms with Crippen LogP contribution in [-0.4, -0.2) is 38.8 Å². The van der Waals surface area contributed by atoms with Crippen LogP contribution in [-0.2, 0) is 0 Å². The average molecular weight is 350 g/mol. The van der Waals surface area contributed by atoms with Crippen molar-refractivity contribution in [3.63, 3.8) is 0 Å². The van der Waals surface area contributed by atoms with Crippen molar-refractivity contribution in [1.29, 1.82) is 0 Å². The van der Waals surface area contributed by atoms with Crippen molar-refractivity contribution >= 4 is 23.3 Å². The van der Waals surface area contributed by atoms with Crippen molar-refractivity contribution in [3.8, 4) is 0 Å². The number of urea groups is 1. The van der Waals surface area contributed by atoms with Gasteiger partial charge in [-0.3, -0.25) is 0 Å². The number of carbonyl (C=O) groups is 1. The predicted octanol–water partition coefficient (Wildman–Crippen LogP) is 3.43. The second-order valence-electron chi connectivity index (χ2n) is 6.29. The van der Waals surface area contributed by atoms with E-state index < -0.39 is 5.82 Å². The summed E-state index contributed by atoms with van der Waals surface area (Å²) in [6, 6.07) is 4.40. The van der Waals surface area contributed by atoms with Gasteiger partial charge in [-0.2, -0.15) is 0 Å². The van der Waals surface area contributed by atoms with E-state index in [2.05, 4.69) is 20.1 Å². The molecule has 1 aromatic carbocycles. The summed E-state index contributed by atoms with van der Waals surface area (Å²) >= 11 is 5.74. The van der Waals surface area contributed by atoms with Gasteiger partial charge in [0, 0.05) is 19.0 Å². The van der Waals surface area contributed by atoms with Crippen molar-refractivity contribution in [3.05, 3.63) is 41.2 Å². The number of benzene rings is 1. The van der Waals surface area contributed by atoms with E-state index in [1.165, 1.54) is 12.1 Å². The monoisotopic (exact) mass is 349 g/mol. The summed E-state index contributed by atoms with van der Waals surface area (Å²) < 4.78 is 16.0. The molecule has 1 unspecified atom stereocenters. The zero-order chi connectivity index (χ0) is 16.7. The molecule has 2 aliphatic rings. The highest BCUT2D eigenvalue weighted by Gasteiger charge is 2.34. The lowest BCUT2D eigenvalue weighted by molar-refractivity contribution is 0.220.